The summed E-state index contributed by atoms with van der Waals surface area (Å²) >= 11 is 0. The van der Waals surface area contributed by atoms with E-state index in [4.69, 9.17) is 9.94 Å². The number of carbonyl (C=O) groups is 5. The largest absolute Gasteiger partial charge is 0.478 e. The Kier molecular flexibility index (Phi) is 16.5. The number of carboxylic acids is 1. The van der Waals surface area contributed by atoms with Gasteiger partial charge in [0.05, 0.1) is 11.1 Å². The number of azide groups is 2. The summed E-state index contributed by atoms with van der Waals surface area (Å²) in [5.41, 5.74) is 30.0. The van der Waals surface area contributed by atoms with Crippen LogP contribution in [0.3, 0.4) is 0 Å². The normalized spacial score (nSPS) is 14.7. The van der Waals surface area contributed by atoms with Gasteiger partial charge in [0.25, 0.3) is 11.8 Å². The first kappa shape index (κ1) is 53.7. The number of hydroxylamine groups is 1. The van der Waals surface area contributed by atoms with E-state index >= 15 is 0 Å². The Balaban J connectivity index is 0.956. The van der Waals surface area contributed by atoms with E-state index in [-0.39, 0.29) is 66.4 Å². The predicted octanol–water partition coefficient (Wildman–Crippen LogP) is 9.34. The van der Waals surface area contributed by atoms with E-state index in [0.29, 0.717) is 29.7 Å². The third-order valence-electron chi connectivity index (χ3n) is 15.7. The average Bonchev–Trinajstić information content (AvgIpc) is 4.03. The van der Waals surface area contributed by atoms with E-state index in [9.17, 15) is 40.1 Å². The maximum Gasteiger partial charge on any atom is 0.336 e. The molecule has 0 radical (unpaired) electrons. The van der Waals surface area contributed by atoms with Gasteiger partial charge in [0.1, 0.15) is 24.6 Å². The molecule has 5 heterocycles. The molecule has 406 valence electrons. The minimum absolute atomic E-state index is 0.0122. The Bertz CT molecular complexity index is 3480. The fourth-order valence-corrected chi connectivity index (χ4v) is 12.1. The molecule has 5 aromatic rings. The highest BCUT2D eigenvalue weighted by Gasteiger charge is 2.36. The van der Waals surface area contributed by atoms with Gasteiger partial charge in [-0.3, -0.25) is 24.4 Å². The van der Waals surface area contributed by atoms with Crippen molar-refractivity contribution >= 4 is 57.9 Å². The van der Waals surface area contributed by atoms with Crippen LogP contribution in [0.1, 0.15) is 147 Å². The van der Waals surface area contributed by atoms with Crippen molar-refractivity contribution in [1.82, 2.24) is 20.3 Å². The summed E-state index contributed by atoms with van der Waals surface area (Å²) < 4.78 is 9.79. The summed E-state index contributed by atoms with van der Waals surface area (Å²) in [6, 6.07) is 20.1. The van der Waals surface area contributed by atoms with E-state index < -0.39 is 23.7 Å². The highest BCUT2D eigenvalue weighted by molar-refractivity contribution is 6.03. The van der Waals surface area contributed by atoms with Crippen molar-refractivity contribution in [3.8, 4) is 11.5 Å². The Hall–Kier alpha value is -8.70. The van der Waals surface area contributed by atoms with Crippen molar-refractivity contribution in [2.45, 2.75) is 109 Å². The standard InChI is InChI=1S/C59H62N12O8/c60-67-64-42-29-36(30-43(34-42)65-68-61)35-71(58(75)37-17-20-41(21-18-37)63-50(72)15-3-1-2-4-16-51(73)66-78)28-23-62-57(74)40-19-22-44(59(76)77)47(33-40)52-48-31-38-11-5-7-24-69-26-9-13-45(53(38)69)55(48)79-56-46-14-10-27-70-25-8-6-12-39(54(46)70)32-49(52)56/h17-22,29-34H,1-16,23-28,35H2,(H4-,62,63,66,72,73,74,75,76,77,78)/p+1. The highest BCUT2D eigenvalue weighted by atomic mass is 16.5. The molecular formula is C59H63N12O8+. The summed E-state index contributed by atoms with van der Waals surface area (Å²) in [6.07, 6.45) is 12.7. The predicted molar refractivity (Wildman–Crippen MR) is 297 cm³/mol. The third-order valence-corrected chi connectivity index (χ3v) is 15.7. The van der Waals surface area contributed by atoms with E-state index in [0.717, 1.165) is 142 Å². The van der Waals surface area contributed by atoms with Gasteiger partial charge in [0, 0.05) is 130 Å². The summed E-state index contributed by atoms with van der Waals surface area (Å²) in [6.45, 7) is 3.81. The molecule has 0 saturated carbocycles. The van der Waals surface area contributed by atoms with Crippen molar-refractivity contribution < 1.29 is 39.0 Å². The first-order chi connectivity index (χ1) is 38.5. The number of unbranched alkanes of at least 4 members (excludes halogenated alkanes) is 3. The number of nitrogens with zero attached hydrogens (tertiary/aromatic N) is 9. The van der Waals surface area contributed by atoms with Crippen LogP contribution in [-0.2, 0) is 41.8 Å². The van der Waals surface area contributed by atoms with Gasteiger partial charge in [-0.1, -0.05) is 23.1 Å². The molecule has 20 nitrogen and oxygen atoms in total. The SMILES string of the molecule is [N-]=[N+]=Nc1cc(CN(CCNC(=O)c2ccc(C(=O)O)c(C3=c4cc5c6c(c4Oc4c3cc3c7c4CCCN7CCCC3)CCC[N+]=6CCCC5)c2)C(=O)c2ccc(NC(=O)CCCCCCC(=O)NO)cc2)cc(N=[N+]=[N-])c1. The maximum absolute atomic E-state index is 14.5. The van der Waals surface area contributed by atoms with Crippen molar-refractivity contribution in [1.29, 1.82) is 0 Å². The van der Waals surface area contributed by atoms with Crippen LogP contribution in [0.4, 0.5) is 22.7 Å². The van der Waals surface area contributed by atoms with Crippen LogP contribution in [0.2, 0.25) is 0 Å². The molecule has 0 spiro atoms. The summed E-state index contributed by atoms with van der Waals surface area (Å²) in [5, 5.41) is 35.0. The lowest BCUT2D eigenvalue weighted by atomic mass is 9.82. The molecule has 5 aliphatic rings. The van der Waals surface area contributed by atoms with Gasteiger partial charge in [-0.2, -0.15) is 0 Å². The fraction of sp³-hybridized carbons (Fsp3) is 0.390. The van der Waals surface area contributed by atoms with Crippen LogP contribution < -0.4 is 40.9 Å². The zero-order valence-corrected chi connectivity index (χ0v) is 44.1. The van der Waals surface area contributed by atoms with Crippen molar-refractivity contribution in [2.24, 2.45) is 10.2 Å². The lowest BCUT2D eigenvalue weighted by molar-refractivity contribution is -0.129. The van der Waals surface area contributed by atoms with Crippen LogP contribution in [-0.4, -0.2) is 84.1 Å². The monoisotopic (exact) mass is 1070 g/mol. The molecule has 79 heavy (non-hydrogen) atoms. The zero-order chi connectivity index (χ0) is 55.0. The van der Waals surface area contributed by atoms with Crippen LogP contribution >= 0.6 is 0 Å². The first-order valence-corrected chi connectivity index (χ1v) is 27.5. The van der Waals surface area contributed by atoms with Gasteiger partial charge in [0.2, 0.25) is 17.2 Å². The topological polar surface area (TPSA) is 278 Å². The number of nitrogens with one attached hydrogen (secondary N) is 3. The van der Waals surface area contributed by atoms with Crippen LogP contribution in [0, 0.1) is 0 Å². The van der Waals surface area contributed by atoms with Gasteiger partial charge in [-0.15, -0.1) is 0 Å². The van der Waals surface area contributed by atoms with Gasteiger partial charge >= 0.3 is 5.97 Å². The number of amides is 4. The second-order valence-corrected chi connectivity index (χ2v) is 20.9. The number of benzene rings is 5. The molecule has 0 bridgehead atoms. The highest BCUT2D eigenvalue weighted by Crippen LogP contribution is 2.48. The summed E-state index contributed by atoms with van der Waals surface area (Å²) in [7, 11) is 0. The van der Waals surface area contributed by atoms with Gasteiger partial charge in [-0.05, 0) is 165 Å². The number of hydrogen-bond acceptors (Lipinski definition) is 10. The smallest absolute Gasteiger partial charge is 0.336 e. The van der Waals surface area contributed by atoms with Gasteiger partial charge in [-0.25, -0.2) is 14.9 Å². The molecule has 4 amide bonds. The van der Waals surface area contributed by atoms with E-state index in [1.54, 1.807) is 47.9 Å². The molecule has 20 heteroatoms. The number of fused-ring (bicyclic) bond motifs is 4. The number of carboxylic acid groups (broad SMARTS) is 1. The Morgan fingerprint density at radius 1 is 0.709 bits per heavy atom. The number of aryl methyl sites for hydroxylation is 2. The van der Waals surface area contributed by atoms with Crippen molar-refractivity contribution in [3.05, 3.63) is 160 Å². The first-order valence-electron chi connectivity index (χ1n) is 27.5. The van der Waals surface area contributed by atoms with Crippen LogP contribution in [0.5, 0.6) is 11.5 Å². The molecule has 0 unspecified atom stereocenters. The summed E-state index contributed by atoms with van der Waals surface area (Å²) in [4.78, 5) is 76.2. The minimum atomic E-state index is -1.12. The fourth-order valence-electron chi connectivity index (χ4n) is 12.1. The molecule has 0 aromatic heterocycles. The lowest BCUT2D eigenvalue weighted by Crippen LogP contribution is -2.41. The molecule has 0 aliphatic carbocycles. The number of carbonyl (C=O) groups excluding carboxylic acids is 4. The van der Waals surface area contributed by atoms with Crippen LogP contribution in [0.15, 0.2) is 83.0 Å². The lowest BCUT2D eigenvalue weighted by Gasteiger charge is -2.35. The second kappa shape index (κ2) is 24.3. The van der Waals surface area contributed by atoms with Gasteiger partial charge < -0.3 is 30.3 Å². The summed E-state index contributed by atoms with van der Waals surface area (Å²) in [5.74, 6) is -1.15. The Morgan fingerprint density at radius 2 is 1.41 bits per heavy atom. The van der Waals surface area contributed by atoms with Crippen molar-refractivity contribution in [2.75, 3.05) is 49.5 Å². The second-order valence-electron chi connectivity index (χ2n) is 20.9. The molecule has 5 aliphatic heterocycles. The molecule has 0 fully saturated rings. The molecule has 0 saturated heterocycles. The molecule has 10 rings (SSSR count). The maximum atomic E-state index is 14.5. The van der Waals surface area contributed by atoms with Gasteiger partial charge in [0.15, 0.2) is 0 Å². The van der Waals surface area contributed by atoms with Crippen LogP contribution in [0.25, 0.3) is 26.5 Å². The zero-order valence-electron chi connectivity index (χ0n) is 44.1. The Morgan fingerprint density at radius 3 is 2.15 bits per heavy atom. The number of anilines is 2. The number of rotatable bonds is 19. The third kappa shape index (κ3) is 11.8. The molecular weight excluding hydrogens is 1000 g/mol. The van der Waals surface area contributed by atoms with E-state index in [1.807, 2.05) is 0 Å². The molecule has 0 atom stereocenters. The quantitative estimate of drug-likeness (QED) is 0.00981. The number of aromatic carboxylic acids is 1. The number of ether oxygens (including phenoxy) is 1. The number of hydrogen-bond donors (Lipinski definition) is 5. The minimum Gasteiger partial charge on any atom is -0.478 e. The molecule has 5 N–H and O–H groups in total. The average molecular weight is 1070 g/mol. The molecule has 5 aromatic carbocycles. The Labute approximate surface area is 456 Å². The van der Waals surface area contributed by atoms with E-state index in [1.165, 1.54) is 45.3 Å². The van der Waals surface area contributed by atoms with Crippen molar-refractivity contribution in [3.63, 3.8) is 0 Å². The van der Waals surface area contributed by atoms with E-state index in [2.05, 4.69) is 52.3 Å².